The van der Waals surface area contributed by atoms with Crippen molar-refractivity contribution in [2.75, 3.05) is 16.8 Å². The van der Waals surface area contributed by atoms with Gasteiger partial charge in [0.15, 0.2) is 0 Å². The van der Waals surface area contributed by atoms with Gasteiger partial charge in [0.1, 0.15) is 0 Å². The van der Waals surface area contributed by atoms with E-state index in [0.717, 1.165) is 28.6 Å². The molecule has 1 aromatic carbocycles. The van der Waals surface area contributed by atoms with E-state index >= 15 is 0 Å². The molecule has 2 heterocycles. The second-order valence-corrected chi connectivity index (χ2v) is 5.11. The van der Waals surface area contributed by atoms with Crippen molar-refractivity contribution in [3.8, 4) is 0 Å². The van der Waals surface area contributed by atoms with Gasteiger partial charge in [0, 0.05) is 36.4 Å². The molecule has 1 amide bonds. The normalized spacial score (nSPS) is 19.7. The zero-order valence-corrected chi connectivity index (χ0v) is 11.3. The first-order chi connectivity index (χ1) is 8.78. The minimum Gasteiger partial charge on any atom is -0.312 e. The minimum atomic E-state index is 0.183. The Labute approximate surface area is 113 Å². The van der Waals surface area contributed by atoms with Crippen LogP contribution in [-0.4, -0.2) is 27.7 Å². The highest BCUT2D eigenvalue weighted by Gasteiger charge is 2.29. The molecule has 3 rings (SSSR count). The molecule has 0 aliphatic carbocycles. The molecule has 0 N–H and O–H groups in total. The second kappa shape index (κ2) is 4.65. The van der Waals surface area contributed by atoms with Gasteiger partial charge in [-0.15, -0.1) is 0 Å². The van der Waals surface area contributed by atoms with Gasteiger partial charge < -0.3 is 4.90 Å². The molecule has 1 unspecified atom stereocenters. The lowest BCUT2D eigenvalue weighted by Crippen LogP contribution is -2.24. The third-order valence-corrected chi connectivity index (χ3v) is 4.10. The van der Waals surface area contributed by atoms with Crippen LogP contribution < -0.4 is 4.90 Å². The average molecular weight is 306 g/mol. The number of hydrogen-bond donors (Lipinski definition) is 0. The number of aromatic nitrogens is 2. The number of anilines is 1. The number of benzene rings is 1. The van der Waals surface area contributed by atoms with E-state index in [9.17, 15) is 4.79 Å². The first kappa shape index (κ1) is 11.6. The molecule has 0 bridgehead atoms. The number of fused-ring (bicyclic) bond motifs is 1. The molecule has 4 nitrogen and oxygen atoms in total. The van der Waals surface area contributed by atoms with Crippen LogP contribution >= 0.6 is 15.9 Å². The van der Waals surface area contributed by atoms with E-state index < -0.39 is 0 Å². The summed E-state index contributed by atoms with van der Waals surface area (Å²) in [5, 5.41) is 0.864. The van der Waals surface area contributed by atoms with Crippen LogP contribution in [0.1, 0.15) is 6.42 Å². The van der Waals surface area contributed by atoms with Gasteiger partial charge in [-0.05, 0) is 24.1 Å². The molecule has 18 heavy (non-hydrogen) atoms. The van der Waals surface area contributed by atoms with Crippen molar-refractivity contribution in [2.24, 2.45) is 5.92 Å². The highest BCUT2D eigenvalue weighted by atomic mass is 79.9. The molecule has 1 aliphatic heterocycles. The Morgan fingerprint density at radius 2 is 2.06 bits per heavy atom. The van der Waals surface area contributed by atoms with Crippen LogP contribution in [0.5, 0.6) is 0 Å². The largest absolute Gasteiger partial charge is 0.312 e. The lowest BCUT2D eigenvalue weighted by Gasteiger charge is -2.16. The maximum absolute atomic E-state index is 11.9. The molecular formula is C13H12BrN3O. The second-order valence-electron chi connectivity index (χ2n) is 4.46. The number of nitrogens with zero attached hydrogens (tertiary/aromatic N) is 3. The van der Waals surface area contributed by atoms with Gasteiger partial charge in [0.2, 0.25) is 5.91 Å². The van der Waals surface area contributed by atoms with Crippen molar-refractivity contribution in [1.29, 1.82) is 0 Å². The Morgan fingerprint density at radius 1 is 1.28 bits per heavy atom. The Balaban J connectivity index is 1.97. The van der Waals surface area contributed by atoms with Gasteiger partial charge in [-0.2, -0.15) is 0 Å². The number of alkyl halides is 1. The van der Waals surface area contributed by atoms with Crippen LogP contribution in [0, 0.1) is 5.92 Å². The molecule has 1 saturated heterocycles. The Kier molecular flexibility index (Phi) is 2.99. The first-order valence-electron chi connectivity index (χ1n) is 5.85. The van der Waals surface area contributed by atoms with Crippen molar-refractivity contribution >= 4 is 38.6 Å². The van der Waals surface area contributed by atoms with Gasteiger partial charge in [0.05, 0.1) is 11.0 Å². The number of rotatable bonds is 2. The van der Waals surface area contributed by atoms with Crippen molar-refractivity contribution < 1.29 is 4.79 Å². The minimum absolute atomic E-state index is 0.183. The molecule has 1 atom stereocenters. The summed E-state index contributed by atoms with van der Waals surface area (Å²) in [5.74, 6) is 0.581. The number of halogens is 1. The van der Waals surface area contributed by atoms with E-state index in [4.69, 9.17) is 0 Å². The number of carbonyl (C=O) groups excluding carboxylic acids is 1. The predicted octanol–water partition coefficient (Wildman–Crippen LogP) is 2.38. The molecule has 2 aromatic rings. The average Bonchev–Trinajstić information content (AvgIpc) is 2.79. The Bertz CT molecular complexity index is 602. The highest BCUT2D eigenvalue weighted by molar-refractivity contribution is 9.09. The van der Waals surface area contributed by atoms with Crippen LogP contribution in [-0.2, 0) is 4.79 Å². The van der Waals surface area contributed by atoms with E-state index in [1.54, 1.807) is 12.4 Å². The lowest BCUT2D eigenvalue weighted by molar-refractivity contribution is -0.117. The van der Waals surface area contributed by atoms with Gasteiger partial charge in [0.25, 0.3) is 0 Å². The van der Waals surface area contributed by atoms with Crippen LogP contribution in [0.25, 0.3) is 11.0 Å². The quantitative estimate of drug-likeness (QED) is 0.800. The fourth-order valence-corrected chi connectivity index (χ4v) is 2.69. The monoisotopic (exact) mass is 305 g/mol. The topological polar surface area (TPSA) is 46.1 Å². The summed E-state index contributed by atoms with van der Waals surface area (Å²) < 4.78 is 0. The van der Waals surface area contributed by atoms with E-state index in [2.05, 4.69) is 25.9 Å². The number of carbonyl (C=O) groups is 1. The number of hydrogen-bond acceptors (Lipinski definition) is 3. The summed E-state index contributed by atoms with van der Waals surface area (Å²) in [7, 11) is 0. The smallest absolute Gasteiger partial charge is 0.227 e. The number of amides is 1. The lowest BCUT2D eigenvalue weighted by atomic mass is 10.2. The fourth-order valence-electron chi connectivity index (χ4n) is 2.25. The Hall–Kier alpha value is -1.49. The Morgan fingerprint density at radius 3 is 2.78 bits per heavy atom. The predicted molar refractivity (Wildman–Crippen MR) is 73.8 cm³/mol. The van der Waals surface area contributed by atoms with E-state index in [1.807, 2.05) is 23.1 Å². The van der Waals surface area contributed by atoms with Gasteiger partial charge in [-0.25, -0.2) is 0 Å². The fraction of sp³-hybridized carbons (Fsp3) is 0.308. The maximum Gasteiger partial charge on any atom is 0.227 e. The third-order valence-electron chi connectivity index (χ3n) is 3.19. The van der Waals surface area contributed by atoms with Crippen LogP contribution in [0.15, 0.2) is 30.6 Å². The SMILES string of the molecule is O=C1CC(CBr)CN1c1ccc2nccnc2c1. The molecule has 92 valence electrons. The summed E-state index contributed by atoms with van der Waals surface area (Å²) in [5.41, 5.74) is 2.59. The van der Waals surface area contributed by atoms with Gasteiger partial charge in [-0.3, -0.25) is 14.8 Å². The highest BCUT2D eigenvalue weighted by Crippen LogP contribution is 2.27. The van der Waals surface area contributed by atoms with E-state index in [-0.39, 0.29) is 5.91 Å². The third kappa shape index (κ3) is 1.99. The van der Waals surface area contributed by atoms with Crippen molar-refractivity contribution in [3.63, 3.8) is 0 Å². The van der Waals surface area contributed by atoms with Gasteiger partial charge in [-0.1, -0.05) is 15.9 Å². The molecule has 0 radical (unpaired) electrons. The van der Waals surface area contributed by atoms with Crippen molar-refractivity contribution in [3.05, 3.63) is 30.6 Å². The molecule has 1 fully saturated rings. The van der Waals surface area contributed by atoms with Crippen molar-refractivity contribution in [1.82, 2.24) is 9.97 Å². The summed E-state index contributed by atoms with van der Waals surface area (Å²) in [4.78, 5) is 22.3. The summed E-state index contributed by atoms with van der Waals surface area (Å²) in [6.07, 6.45) is 3.95. The molecule has 0 spiro atoms. The molecular weight excluding hydrogens is 294 g/mol. The van der Waals surface area contributed by atoms with E-state index in [0.29, 0.717) is 12.3 Å². The zero-order chi connectivity index (χ0) is 12.5. The summed E-state index contributed by atoms with van der Waals surface area (Å²) >= 11 is 3.44. The first-order valence-corrected chi connectivity index (χ1v) is 6.97. The maximum atomic E-state index is 11.9. The van der Waals surface area contributed by atoms with E-state index in [1.165, 1.54) is 0 Å². The van der Waals surface area contributed by atoms with Crippen LogP contribution in [0.3, 0.4) is 0 Å². The van der Waals surface area contributed by atoms with Crippen LogP contribution in [0.2, 0.25) is 0 Å². The summed E-state index contributed by atoms with van der Waals surface area (Å²) in [6, 6.07) is 5.77. The zero-order valence-electron chi connectivity index (χ0n) is 9.71. The summed E-state index contributed by atoms with van der Waals surface area (Å²) in [6.45, 7) is 0.774. The van der Waals surface area contributed by atoms with Crippen molar-refractivity contribution in [2.45, 2.75) is 6.42 Å². The molecule has 0 saturated carbocycles. The standard InChI is InChI=1S/C13H12BrN3O/c14-7-9-5-13(18)17(8-9)10-1-2-11-12(6-10)16-4-3-15-11/h1-4,6,9H,5,7-8H2. The molecule has 1 aromatic heterocycles. The van der Waals surface area contributed by atoms with Crippen LogP contribution in [0.4, 0.5) is 5.69 Å². The molecule has 1 aliphatic rings. The molecule has 5 heteroatoms. The van der Waals surface area contributed by atoms with Gasteiger partial charge >= 0.3 is 0 Å².